The molecule has 1 aromatic heterocycles. The summed E-state index contributed by atoms with van der Waals surface area (Å²) in [7, 11) is 0. The molecule has 10 heteroatoms. The fourth-order valence-electron chi connectivity index (χ4n) is 3.13. The van der Waals surface area contributed by atoms with E-state index in [1.54, 1.807) is 37.3 Å². The first-order valence-corrected chi connectivity index (χ1v) is 10.9. The molecule has 0 radical (unpaired) electrons. The number of hydrogen-bond acceptors (Lipinski definition) is 5. The van der Waals surface area contributed by atoms with Crippen molar-refractivity contribution in [2.24, 2.45) is 0 Å². The summed E-state index contributed by atoms with van der Waals surface area (Å²) in [6.45, 7) is 2.55. The zero-order valence-corrected chi connectivity index (χ0v) is 19.9. The number of carbonyl (C=O) groups excluding carboxylic acids is 2. The van der Waals surface area contributed by atoms with Crippen molar-refractivity contribution in [3.8, 4) is 11.4 Å². The summed E-state index contributed by atoms with van der Waals surface area (Å²) in [5, 5.41) is 2.64. The molecule has 0 saturated heterocycles. The number of aryl methyl sites for hydroxylation is 1. The highest BCUT2D eigenvalue weighted by atomic mass is 79.9. The van der Waals surface area contributed by atoms with E-state index in [1.165, 1.54) is 17.6 Å². The van der Waals surface area contributed by atoms with Crippen LogP contribution in [0.3, 0.4) is 0 Å². The van der Waals surface area contributed by atoms with Crippen molar-refractivity contribution in [1.29, 1.82) is 0 Å². The number of ether oxygens (including phenoxy) is 2. The molecule has 0 aliphatic carbocycles. The lowest BCUT2D eigenvalue weighted by Crippen LogP contribution is -2.28. The Morgan fingerprint density at radius 2 is 1.88 bits per heavy atom. The number of amides is 1. The minimum absolute atomic E-state index is 0.140. The number of halogens is 3. The average Bonchev–Trinajstić information content (AvgIpc) is 2.79. The number of aromatic nitrogens is 1. The van der Waals surface area contributed by atoms with Crippen LogP contribution in [-0.4, -0.2) is 23.1 Å². The summed E-state index contributed by atoms with van der Waals surface area (Å²) in [5.74, 6) is -2.20. The van der Waals surface area contributed by atoms with Crippen LogP contribution in [0.2, 0.25) is 0 Å². The van der Waals surface area contributed by atoms with Crippen LogP contribution >= 0.6 is 15.9 Å². The second-order valence-corrected chi connectivity index (χ2v) is 8.15. The molecule has 3 rings (SSSR count). The van der Waals surface area contributed by atoms with Crippen LogP contribution in [0.1, 0.15) is 23.7 Å². The van der Waals surface area contributed by atoms with Gasteiger partial charge in [-0.2, -0.15) is 0 Å². The highest BCUT2D eigenvalue weighted by Crippen LogP contribution is 2.25. The number of nitrogens with zero attached hydrogens (tertiary/aromatic N) is 1. The van der Waals surface area contributed by atoms with Crippen molar-refractivity contribution in [2.75, 3.05) is 6.61 Å². The molecule has 7 nitrogen and oxygen atoms in total. The molecular formula is C24H21BrF2N2O5. The Morgan fingerprint density at radius 3 is 2.59 bits per heavy atom. The quantitative estimate of drug-likeness (QED) is 0.442. The highest BCUT2D eigenvalue weighted by molar-refractivity contribution is 9.10. The SMILES string of the molecule is CC(=O)OCC(=O)NCc1cccc(-n2c(C)cc(OCc3ccc(F)cc3F)c(Br)c2=O)c1. The molecule has 0 bridgehead atoms. The van der Waals surface area contributed by atoms with Crippen LogP contribution in [0, 0.1) is 18.6 Å². The van der Waals surface area contributed by atoms with Crippen molar-refractivity contribution in [3.63, 3.8) is 0 Å². The Hall–Kier alpha value is -3.53. The first-order valence-electron chi connectivity index (χ1n) is 10.1. The number of hydrogen-bond donors (Lipinski definition) is 1. The molecule has 3 aromatic rings. The van der Waals surface area contributed by atoms with E-state index in [1.807, 2.05) is 0 Å². The predicted octanol–water partition coefficient (Wildman–Crippen LogP) is 3.94. The van der Waals surface area contributed by atoms with Crippen molar-refractivity contribution < 1.29 is 27.8 Å². The molecule has 0 unspecified atom stereocenters. The molecule has 0 atom stereocenters. The number of rotatable bonds is 8. The van der Waals surface area contributed by atoms with Gasteiger partial charge in [0.2, 0.25) is 0 Å². The molecule has 0 fully saturated rings. The van der Waals surface area contributed by atoms with Crippen LogP contribution in [0.15, 0.2) is 57.8 Å². The van der Waals surface area contributed by atoms with Gasteiger partial charge in [0.1, 0.15) is 28.5 Å². The number of carbonyl (C=O) groups is 2. The first-order chi connectivity index (χ1) is 16.2. The van der Waals surface area contributed by atoms with Crippen molar-refractivity contribution in [1.82, 2.24) is 9.88 Å². The van der Waals surface area contributed by atoms with E-state index in [9.17, 15) is 23.2 Å². The lowest BCUT2D eigenvalue weighted by atomic mass is 10.2. The Morgan fingerprint density at radius 1 is 1.12 bits per heavy atom. The zero-order valence-electron chi connectivity index (χ0n) is 18.4. The predicted molar refractivity (Wildman–Crippen MR) is 124 cm³/mol. The van der Waals surface area contributed by atoms with Gasteiger partial charge in [-0.15, -0.1) is 0 Å². The van der Waals surface area contributed by atoms with E-state index in [4.69, 9.17) is 4.74 Å². The molecule has 0 spiro atoms. The minimum atomic E-state index is -0.738. The number of nitrogens with one attached hydrogen (secondary N) is 1. The number of benzene rings is 2. The largest absolute Gasteiger partial charge is 0.487 e. The van der Waals surface area contributed by atoms with Gasteiger partial charge in [0.15, 0.2) is 6.61 Å². The standard InChI is InChI=1S/C24H21BrF2N2O5/c1-14-8-21(34-12-17-6-7-18(26)10-20(17)27)23(25)24(32)29(14)19-5-3-4-16(9-19)11-28-22(31)13-33-15(2)30/h3-10H,11-13H2,1-2H3,(H,28,31). The van der Waals surface area contributed by atoms with Gasteiger partial charge in [-0.05, 0) is 52.7 Å². The van der Waals surface area contributed by atoms with Gasteiger partial charge < -0.3 is 14.8 Å². The van der Waals surface area contributed by atoms with Gasteiger partial charge >= 0.3 is 5.97 Å². The Labute approximate surface area is 202 Å². The van der Waals surface area contributed by atoms with Crippen molar-refractivity contribution in [2.45, 2.75) is 27.0 Å². The van der Waals surface area contributed by atoms with E-state index in [0.717, 1.165) is 17.7 Å². The highest BCUT2D eigenvalue weighted by Gasteiger charge is 2.15. The zero-order chi connectivity index (χ0) is 24.8. The number of pyridine rings is 1. The molecule has 34 heavy (non-hydrogen) atoms. The van der Waals surface area contributed by atoms with Crippen molar-refractivity contribution >= 4 is 27.8 Å². The maximum atomic E-state index is 13.9. The second kappa shape index (κ2) is 11.1. The van der Waals surface area contributed by atoms with Crippen LogP contribution in [-0.2, 0) is 27.5 Å². The maximum Gasteiger partial charge on any atom is 0.303 e. The average molecular weight is 535 g/mol. The summed E-state index contributed by atoms with van der Waals surface area (Å²) in [5.41, 5.74) is 1.59. The third kappa shape index (κ3) is 6.28. The smallest absolute Gasteiger partial charge is 0.303 e. The van der Waals surface area contributed by atoms with Crippen LogP contribution in [0.25, 0.3) is 5.69 Å². The molecular weight excluding hydrogens is 514 g/mol. The minimum Gasteiger partial charge on any atom is -0.487 e. The van der Waals surface area contributed by atoms with Gasteiger partial charge in [0.05, 0.1) is 0 Å². The molecule has 178 valence electrons. The van der Waals surface area contributed by atoms with E-state index >= 15 is 0 Å². The van der Waals surface area contributed by atoms with Gasteiger partial charge in [0.25, 0.3) is 11.5 Å². The van der Waals surface area contributed by atoms with Gasteiger partial charge in [0, 0.05) is 42.5 Å². The molecule has 0 saturated carbocycles. The topological polar surface area (TPSA) is 86.6 Å². The lowest BCUT2D eigenvalue weighted by molar-refractivity contribution is -0.146. The van der Waals surface area contributed by atoms with Gasteiger partial charge in [-0.25, -0.2) is 8.78 Å². The van der Waals surface area contributed by atoms with E-state index < -0.39 is 29.1 Å². The lowest BCUT2D eigenvalue weighted by Gasteiger charge is -2.16. The van der Waals surface area contributed by atoms with Crippen molar-refractivity contribution in [3.05, 3.63) is 91.8 Å². The van der Waals surface area contributed by atoms with Crippen LogP contribution in [0.4, 0.5) is 8.78 Å². The van der Waals surface area contributed by atoms with E-state index in [-0.39, 0.29) is 35.5 Å². The Kier molecular flexibility index (Phi) is 8.17. The Bertz CT molecular complexity index is 1290. The molecule has 0 aliphatic rings. The van der Waals surface area contributed by atoms with E-state index in [0.29, 0.717) is 11.4 Å². The summed E-state index contributed by atoms with van der Waals surface area (Å²) in [6, 6.07) is 11.8. The third-order valence-corrected chi connectivity index (χ3v) is 5.49. The molecule has 1 N–H and O–H groups in total. The molecule has 1 amide bonds. The summed E-state index contributed by atoms with van der Waals surface area (Å²) >= 11 is 3.25. The summed E-state index contributed by atoms with van der Waals surface area (Å²) < 4.78 is 38.8. The third-order valence-electron chi connectivity index (χ3n) is 4.76. The van der Waals surface area contributed by atoms with Crippen LogP contribution < -0.4 is 15.6 Å². The van der Waals surface area contributed by atoms with Crippen LogP contribution in [0.5, 0.6) is 5.75 Å². The maximum absolute atomic E-state index is 13.9. The van der Waals surface area contributed by atoms with Gasteiger partial charge in [-0.1, -0.05) is 12.1 Å². The monoisotopic (exact) mass is 534 g/mol. The molecule has 0 aliphatic heterocycles. The second-order valence-electron chi connectivity index (χ2n) is 7.36. The summed E-state index contributed by atoms with van der Waals surface area (Å²) in [6.07, 6.45) is 0. The Balaban J connectivity index is 1.78. The first kappa shape index (κ1) is 25.1. The summed E-state index contributed by atoms with van der Waals surface area (Å²) in [4.78, 5) is 35.6. The fourth-order valence-corrected chi connectivity index (χ4v) is 3.53. The fraction of sp³-hybridized carbons (Fsp3) is 0.208. The van der Waals surface area contributed by atoms with E-state index in [2.05, 4.69) is 26.0 Å². The normalized spacial score (nSPS) is 10.6. The number of esters is 1. The van der Waals surface area contributed by atoms with Gasteiger partial charge in [-0.3, -0.25) is 19.0 Å². The molecule has 2 aromatic carbocycles. The molecule has 1 heterocycles.